The first-order valence-corrected chi connectivity index (χ1v) is 17.6. The summed E-state index contributed by atoms with van der Waals surface area (Å²) in [6, 6.07) is 33.6. The van der Waals surface area contributed by atoms with E-state index in [2.05, 4.69) is 0 Å². The number of para-hydroxylation sites is 2. The Hall–Kier alpha value is -5.96. The molecule has 1 fully saturated rings. The van der Waals surface area contributed by atoms with E-state index in [0.717, 1.165) is 26.7 Å². The molecule has 2 aliphatic rings. The van der Waals surface area contributed by atoms with E-state index in [1.807, 2.05) is 89.5 Å². The van der Waals surface area contributed by atoms with Gasteiger partial charge in [-0.25, -0.2) is 9.98 Å². The Morgan fingerprint density at radius 3 is 2.14 bits per heavy atom. The first-order chi connectivity index (χ1) is 25.0. The van der Waals surface area contributed by atoms with Crippen LogP contribution >= 0.6 is 23.1 Å². The molecule has 1 saturated heterocycles. The van der Waals surface area contributed by atoms with Gasteiger partial charge < -0.3 is 4.74 Å². The average molecular weight is 714 g/mol. The molecule has 0 saturated carbocycles. The van der Waals surface area contributed by atoms with Crippen molar-refractivity contribution < 1.29 is 24.0 Å². The number of hydrogen-bond acceptors (Lipinski definition) is 11. The maximum absolute atomic E-state index is 13.0. The number of thioether (sulfide) groups is 1. The van der Waals surface area contributed by atoms with E-state index in [0.29, 0.717) is 27.1 Å². The van der Waals surface area contributed by atoms with Crippen LogP contribution in [0.1, 0.15) is 20.7 Å². The number of carbonyl (C=O) groups is 3. The Balaban J connectivity index is 1.19. The van der Waals surface area contributed by atoms with Crippen LogP contribution < -0.4 is 9.54 Å². The molecule has 6 aromatic rings. The van der Waals surface area contributed by atoms with Gasteiger partial charge >= 0.3 is 0 Å². The SMILES string of the molecule is COc1ccc(-c2nc(/N=C3\SCC(=O)N3CCON3C(=O)c4ccccc4C3=O)nc3c2sc(=Nc2ccccc2)n3-c2ccccc2)cc1. The highest BCUT2D eigenvalue weighted by atomic mass is 32.2. The van der Waals surface area contributed by atoms with Crippen molar-refractivity contribution in [2.45, 2.75) is 0 Å². The maximum Gasteiger partial charge on any atom is 0.285 e. The fourth-order valence-corrected chi connectivity index (χ4v) is 7.69. The molecule has 4 heterocycles. The fourth-order valence-electron chi connectivity index (χ4n) is 5.69. The molecule has 0 unspecified atom stereocenters. The van der Waals surface area contributed by atoms with E-state index in [9.17, 15) is 14.4 Å². The van der Waals surface area contributed by atoms with Gasteiger partial charge in [-0.3, -0.25) is 28.7 Å². The van der Waals surface area contributed by atoms with Gasteiger partial charge in [0.15, 0.2) is 15.6 Å². The number of methoxy groups -OCH3 is 1. The number of thiazole rings is 1. The normalized spacial score (nSPS) is 15.4. The van der Waals surface area contributed by atoms with E-state index in [-0.39, 0.29) is 41.9 Å². The number of hydrogen-bond donors (Lipinski definition) is 0. The van der Waals surface area contributed by atoms with Crippen LogP contribution in [0.2, 0.25) is 0 Å². The third-order valence-electron chi connectivity index (χ3n) is 8.14. The second-order valence-corrected chi connectivity index (χ2v) is 13.2. The smallest absolute Gasteiger partial charge is 0.285 e. The fraction of sp³-hybridized carbons (Fsp3) is 0.108. The number of aliphatic imine (C=N–C) groups is 1. The first-order valence-electron chi connectivity index (χ1n) is 15.8. The number of benzene rings is 4. The van der Waals surface area contributed by atoms with Gasteiger partial charge in [-0.05, 0) is 60.7 Å². The highest BCUT2D eigenvalue weighted by Crippen LogP contribution is 2.34. The van der Waals surface area contributed by atoms with Crippen LogP contribution in [0.4, 0.5) is 11.6 Å². The number of nitrogens with zero attached hydrogens (tertiary/aromatic N) is 7. The molecule has 0 radical (unpaired) electrons. The summed E-state index contributed by atoms with van der Waals surface area (Å²) >= 11 is 2.71. The van der Waals surface area contributed by atoms with Crippen molar-refractivity contribution in [3.05, 3.63) is 125 Å². The van der Waals surface area contributed by atoms with Crippen LogP contribution in [0.5, 0.6) is 5.75 Å². The predicted octanol–water partition coefficient (Wildman–Crippen LogP) is 6.18. The van der Waals surface area contributed by atoms with Gasteiger partial charge in [0, 0.05) is 11.3 Å². The number of amides is 3. The summed E-state index contributed by atoms with van der Waals surface area (Å²) in [6.07, 6.45) is 0. The van der Waals surface area contributed by atoms with E-state index in [1.54, 1.807) is 31.4 Å². The standard InChI is InChI=1S/C37H27N7O5S2/c1-48-26-18-16-23(17-19-26)30-31-32(43(25-12-6-3-7-13-25)37(51-31)38-24-10-4-2-5-11-24)40-35(39-30)41-36-42(29(45)22-50-36)20-21-49-44-33(46)27-14-8-9-15-28(27)34(44)47/h2-19H,20-22H2,1H3/b38-37?,41-36-. The van der Waals surface area contributed by atoms with Gasteiger partial charge in [-0.15, -0.1) is 5.06 Å². The zero-order chi connectivity index (χ0) is 34.9. The van der Waals surface area contributed by atoms with Gasteiger partial charge in [0.05, 0.1) is 48.5 Å². The Bertz CT molecular complexity index is 2380. The molecule has 4 aromatic carbocycles. The maximum atomic E-state index is 13.0. The summed E-state index contributed by atoms with van der Waals surface area (Å²) in [5.41, 5.74) is 4.25. The van der Waals surface area contributed by atoms with Gasteiger partial charge in [-0.2, -0.15) is 9.98 Å². The van der Waals surface area contributed by atoms with Crippen molar-refractivity contribution in [3.63, 3.8) is 0 Å². The molecular formula is C37H27N7O5S2. The minimum atomic E-state index is -0.541. The number of ether oxygens (including phenoxy) is 1. The molecule has 3 amide bonds. The number of amidine groups is 1. The van der Waals surface area contributed by atoms with Crippen molar-refractivity contribution in [3.8, 4) is 22.7 Å². The molecule has 252 valence electrons. The van der Waals surface area contributed by atoms with Crippen LogP contribution in [0.25, 0.3) is 27.3 Å². The Morgan fingerprint density at radius 2 is 1.45 bits per heavy atom. The number of carbonyl (C=O) groups excluding carboxylic acids is 3. The molecule has 0 bridgehead atoms. The average Bonchev–Trinajstić information content (AvgIpc) is 3.79. The molecule has 12 nitrogen and oxygen atoms in total. The van der Waals surface area contributed by atoms with Gasteiger partial charge in [0.2, 0.25) is 5.91 Å². The van der Waals surface area contributed by atoms with Gasteiger partial charge in [0.1, 0.15) is 10.4 Å². The topological polar surface area (TPSA) is 132 Å². The second kappa shape index (κ2) is 13.7. The third kappa shape index (κ3) is 6.20. The Labute approximate surface area is 299 Å². The van der Waals surface area contributed by atoms with Crippen LogP contribution in [0.3, 0.4) is 0 Å². The summed E-state index contributed by atoms with van der Waals surface area (Å²) in [5.74, 6) is -0.275. The third-order valence-corrected chi connectivity index (χ3v) is 10.1. The molecular weight excluding hydrogens is 687 g/mol. The van der Waals surface area contributed by atoms with Crippen LogP contribution in [-0.2, 0) is 9.63 Å². The number of hydroxylamine groups is 2. The largest absolute Gasteiger partial charge is 0.497 e. The van der Waals surface area contributed by atoms with Crippen molar-refractivity contribution in [2.75, 3.05) is 26.0 Å². The van der Waals surface area contributed by atoms with Crippen LogP contribution in [-0.4, -0.2) is 73.4 Å². The van der Waals surface area contributed by atoms with Crippen molar-refractivity contribution in [2.24, 2.45) is 9.98 Å². The Morgan fingerprint density at radius 1 is 0.784 bits per heavy atom. The van der Waals surface area contributed by atoms with E-state index in [4.69, 9.17) is 29.5 Å². The van der Waals surface area contributed by atoms with Crippen molar-refractivity contribution in [1.29, 1.82) is 0 Å². The van der Waals surface area contributed by atoms with Crippen molar-refractivity contribution in [1.82, 2.24) is 24.5 Å². The summed E-state index contributed by atoms with van der Waals surface area (Å²) < 4.78 is 8.18. The highest BCUT2D eigenvalue weighted by Gasteiger charge is 2.37. The summed E-state index contributed by atoms with van der Waals surface area (Å²) in [5, 5.41) is 1.12. The van der Waals surface area contributed by atoms with E-state index in [1.165, 1.54) is 28.0 Å². The minimum absolute atomic E-state index is 0.0498. The molecule has 0 aliphatic carbocycles. The molecule has 2 aromatic heterocycles. The highest BCUT2D eigenvalue weighted by molar-refractivity contribution is 8.15. The molecule has 8 rings (SSSR count). The quantitative estimate of drug-likeness (QED) is 0.162. The molecule has 0 N–H and O–H groups in total. The summed E-state index contributed by atoms with van der Waals surface area (Å²) in [7, 11) is 1.61. The number of imide groups is 1. The van der Waals surface area contributed by atoms with Gasteiger partial charge in [0.25, 0.3) is 17.8 Å². The second-order valence-electron chi connectivity index (χ2n) is 11.3. The minimum Gasteiger partial charge on any atom is -0.497 e. The first kappa shape index (κ1) is 32.3. The zero-order valence-corrected chi connectivity index (χ0v) is 28.6. The summed E-state index contributed by atoms with van der Waals surface area (Å²) in [6.45, 7) is -0.0646. The molecule has 14 heteroatoms. The zero-order valence-electron chi connectivity index (χ0n) is 27.0. The van der Waals surface area contributed by atoms with Crippen LogP contribution in [0, 0.1) is 0 Å². The predicted molar refractivity (Wildman–Crippen MR) is 195 cm³/mol. The lowest BCUT2D eigenvalue weighted by Gasteiger charge is -2.18. The summed E-state index contributed by atoms with van der Waals surface area (Å²) in [4.78, 5) is 66.0. The molecule has 0 spiro atoms. The van der Waals surface area contributed by atoms with E-state index >= 15 is 0 Å². The lowest BCUT2D eigenvalue weighted by Crippen LogP contribution is -2.37. The lowest BCUT2D eigenvalue weighted by atomic mass is 10.1. The molecule has 51 heavy (non-hydrogen) atoms. The lowest BCUT2D eigenvalue weighted by molar-refractivity contribution is -0.127. The number of aromatic nitrogens is 3. The molecule has 2 aliphatic heterocycles. The Kier molecular flexibility index (Phi) is 8.69. The molecule has 0 atom stereocenters. The van der Waals surface area contributed by atoms with Crippen LogP contribution in [0.15, 0.2) is 119 Å². The monoisotopic (exact) mass is 713 g/mol. The van der Waals surface area contributed by atoms with Crippen molar-refractivity contribution >= 4 is 68.0 Å². The van der Waals surface area contributed by atoms with E-state index < -0.39 is 11.8 Å². The van der Waals surface area contributed by atoms with Gasteiger partial charge in [-0.1, -0.05) is 71.6 Å². The number of fused-ring (bicyclic) bond motifs is 2. The number of rotatable bonds is 9.